The van der Waals surface area contributed by atoms with E-state index < -0.39 is 0 Å². The second-order valence-electron chi connectivity index (χ2n) is 4.80. The number of amides is 2. The summed E-state index contributed by atoms with van der Waals surface area (Å²) in [6.07, 6.45) is 1.16. The SMILES string of the molecule is COc1ccc(CCNC(=O)CCN2CCSC2=O)cc1. The molecule has 0 aromatic heterocycles. The molecule has 1 aliphatic heterocycles. The number of carbonyl (C=O) groups is 2. The molecule has 1 heterocycles. The van der Waals surface area contributed by atoms with E-state index in [2.05, 4.69) is 5.32 Å². The highest BCUT2D eigenvalue weighted by Gasteiger charge is 2.21. The number of ether oxygens (including phenoxy) is 1. The quantitative estimate of drug-likeness (QED) is 0.836. The first-order chi connectivity index (χ1) is 10.2. The maximum Gasteiger partial charge on any atom is 0.281 e. The van der Waals surface area contributed by atoms with Crippen molar-refractivity contribution in [1.29, 1.82) is 0 Å². The van der Waals surface area contributed by atoms with Gasteiger partial charge in [-0.25, -0.2) is 0 Å². The predicted molar refractivity (Wildman–Crippen MR) is 83.8 cm³/mol. The maximum absolute atomic E-state index is 11.7. The molecule has 2 amide bonds. The van der Waals surface area contributed by atoms with Crippen LogP contribution in [0.5, 0.6) is 5.75 Å². The third-order valence-corrected chi connectivity index (χ3v) is 4.24. The summed E-state index contributed by atoms with van der Waals surface area (Å²) in [5.74, 6) is 1.65. The largest absolute Gasteiger partial charge is 0.497 e. The Balaban J connectivity index is 1.63. The fraction of sp³-hybridized carbons (Fsp3) is 0.467. The number of thioether (sulfide) groups is 1. The highest BCUT2D eigenvalue weighted by Crippen LogP contribution is 2.17. The number of nitrogens with one attached hydrogen (secondary N) is 1. The molecule has 0 saturated carbocycles. The molecule has 0 spiro atoms. The lowest BCUT2D eigenvalue weighted by Gasteiger charge is -2.13. The van der Waals surface area contributed by atoms with Crippen molar-refractivity contribution in [2.45, 2.75) is 12.8 Å². The minimum Gasteiger partial charge on any atom is -0.497 e. The molecule has 1 N–H and O–H groups in total. The third-order valence-electron chi connectivity index (χ3n) is 3.35. The topological polar surface area (TPSA) is 58.6 Å². The van der Waals surface area contributed by atoms with Crippen LogP contribution in [0.3, 0.4) is 0 Å². The van der Waals surface area contributed by atoms with Crippen molar-refractivity contribution in [3.05, 3.63) is 29.8 Å². The van der Waals surface area contributed by atoms with Gasteiger partial charge in [0.1, 0.15) is 5.75 Å². The van der Waals surface area contributed by atoms with Gasteiger partial charge in [0.25, 0.3) is 5.24 Å². The van der Waals surface area contributed by atoms with E-state index in [0.29, 0.717) is 19.5 Å². The van der Waals surface area contributed by atoms with Gasteiger partial charge >= 0.3 is 0 Å². The van der Waals surface area contributed by atoms with Gasteiger partial charge < -0.3 is 15.0 Å². The Morgan fingerprint density at radius 3 is 2.76 bits per heavy atom. The van der Waals surface area contributed by atoms with Crippen LogP contribution in [0.25, 0.3) is 0 Å². The van der Waals surface area contributed by atoms with Gasteiger partial charge in [-0.1, -0.05) is 23.9 Å². The summed E-state index contributed by atoms with van der Waals surface area (Å²) in [7, 11) is 1.64. The van der Waals surface area contributed by atoms with Gasteiger partial charge in [0.05, 0.1) is 7.11 Å². The van der Waals surface area contributed by atoms with Crippen molar-refractivity contribution in [1.82, 2.24) is 10.2 Å². The van der Waals surface area contributed by atoms with E-state index in [1.165, 1.54) is 11.8 Å². The number of benzene rings is 1. The van der Waals surface area contributed by atoms with E-state index in [1.54, 1.807) is 12.0 Å². The average Bonchev–Trinajstić information content (AvgIpc) is 2.91. The molecule has 1 saturated heterocycles. The Labute approximate surface area is 129 Å². The summed E-state index contributed by atoms with van der Waals surface area (Å²) in [4.78, 5) is 24.8. The van der Waals surface area contributed by atoms with Crippen LogP contribution in [0, 0.1) is 0 Å². The van der Waals surface area contributed by atoms with Crippen molar-refractivity contribution in [2.75, 3.05) is 32.5 Å². The second kappa shape index (κ2) is 7.93. The number of carbonyl (C=O) groups excluding carboxylic acids is 2. The van der Waals surface area contributed by atoms with Crippen LogP contribution in [0.4, 0.5) is 4.79 Å². The van der Waals surface area contributed by atoms with Gasteiger partial charge in [-0.05, 0) is 24.1 Å². The standard InChI is InChI=1S/C15H20N2O3S/c1-20-13-4-2-12(3-5-13)6-8-16-14(18)7-9-17-10-11-21-15(17)19/h2-5H,6-11H2,1H3,(H,16,18). The van der Waals surface area contributed by atoms with E-state index in [9.17, 15) is 9.59 Å². The van der Waals surface area contributed by atoms with Gasteiger partial charge in [-0.3, -0.25) is 9.59 Å². The van der Waals surface area contributed by atoms with Crippen LogP contribution < -0.4 is 10.1 Å². The van der Waals surface area contributed by atoms with Crippen LogP contribution in [-0.2, 0) is 11.2 Å². The fourth-order valence-corrected chi connectivity index (χ4v) is 2.94. The molecule has 0 bridgehead atoms. The van der Waals surface area contributed by atoms with Gasteiger partial charge in [-0.2, -0.15) is 0 Å². The van der Waals surface area contributed by atoms with Crippen LogP contribution in [0.1, 0.15) is 12.0 Å². The molecule has 6 heteroatoms. The summed E-state index contributed by atoms with van der Waals surface area (Å²) in [6, 6.07) is 7.80. The highest BCUT2D eigenvalue weighted by molar-refractivity contribution is 8.13. The molecule has 0 unspecified atom stereocenters. The lowest BCUT2D eigenvalue weighted by Crippen LogP contribution is -2.31. The summed E-state index contributed by atoms with van der Waals surface area (Å²) < 4.78 is 5.10. The molecule has 1 aromatic rings. The number of rotatable bonds is 7. The van der Waals surface area contributed by atoms with Crippen molar-refractivity contribution in [2.24, 2.45) is 0 Å². The molecule has 2 rings (SSSR count). The molecule has 0 radical (unpaired) electrons. The summed E-state index contributed by atoms with van der Waals surface area (Å²) in [6.45, 7) is 1.87. The van der Waals surface area contributed by atoms with E-state index in [1.807, 2.05) is 24.3 Å². The smallest absolute Gasteiger partial charge is 0.281 e. The number of methoxy groups -OCH3 is 1. The molecule has 1 fully saturated rings. The lowest BCUT2D eigenvalue weighted by molar-refractivity contribution is -0.121. The van der Waals surface area contributed by atoms with Crippen molar-refractivity contribution in [3.8, 4) is 5.75 Å². The predicted octanol–water partition coefficient (Wildman–Crippen LogP) is 1.91. The monoisotopic (exact) mass is 308 g/mol. The zero-order chi connectivity index (χ0) is 15.1. The van der Waals surface area contributed by atoms with Crippen LogP contribution in [-0.4, -0.2) is 48.5 Å². The fourth-order valence-electron chi connectivity index (χ4n) is 2.09. The first-order valence-corrected chi connectivity index (χ1v) is 7.99. The van der Waals surface area contributed by atoms with E-state index in [-0.39, 0.29) is 11.1 Å². The Bertz CT molecular complexity index is 490. The minimum absolute atomic E-state index is 0.00629. The van der Waals surface area contributed by atoms with E-state index in [4.69, 9.17) is 4.74 Å². The Kier molecular flexibility index (Phi) is 5.92. The second-order valence-corrected chi connectivity index (χ2v) is 5.85. The first kappa shape index (κ1) is 15.7. The molecule has 114 valence electrons. The zero-order valence-electron chi connectivity index (χ0n) is 12.1. The molecular formula is C15H20N2O3S. The van der Waals surface area contributed by atoms with Crippen LogP contribution >= 0.6 is 11.8 Å². The number of hydrogen-bond donors (Lipinski definition) is 1. The normalized spacial score (nSPS) is 14.3. The Morgan fingerprint density at radius 2 is 2.14 bits per heavy atom. The Morgan fingerprint density at radius 1 is 1.38 bits per heavy atom. The van der Waals surface area contributed by atoms with E-state index in [0.717, 1.165) is 30.0 Å². The minimum atomic E-state index is -0.00629. The van der Waals surface area contributed by atoms with Gasteiger partial charge in [-0.15, -0.1) is 0 Å². The van der Waals surface area contributed by atoms with Crippen molar-refractivity contribution in [3.63, 3.8) is 0 Å². The van der Waals surface area contributed by atoms with Crippen molar-refractivity contribution >= 4 is 22.9 Å². The summed E-state index contributed by atoms with van der Waals surface area (Å²) in [5.41, 5.74) is 1.15. The zero-order valence-corrected chi connectivity index (χ0v) is 12.9. The van der Waals surface area contributed by atoms with Crippen molar-refractivity contribution < 1.29 is 14.3 Å². The summed E-state index contributed by atoms with van der Waals surface area (Å²) >= 11 is 1.32. The number of nitrogens with zero attached hydrogens (tertiary/aromatic N) is 1. The number of hydrogen-bond acceptors (Lipinski definition) is 4. The maximum atomic E-state index is 11.7. The highest BCUT2D eigenvalue weighted by atomic mass is 32.2. The van der Waals surface area contributed by atoms with Gasteiger partial charge in [0.2, 0.25) is 5.91 Å². The lowest BCUT2D eigenvalue weighted by atomic mass is 10.1. The molecule has 0 aliphatic carbocycles. The molecule has 21 heavy (non-hydrogen) atoms. The summed E-state index contributed by atoms with van der Waals surface area (Å²) in [5, 5.41) is 2.97. The van der Waals surface area contributed by atoms with E-state index >= 15 is 0 Å². The molecule has 0 atom stereocenters. The first-order valence-electron chi connectivity index (χ1n) is 7.00. The molecular weight excluding hydrogens is 288 g/mol. The molecule has 5 nitrogen and oxygen atoms in total. The van der Waals surface area contributed by atoms with Gasteiger partial charge in [0, 0.05) is 31.8 Å². The Hall–Kier alpha value is -1.69. The van der Waals surface area contributed by atoms with Crippen LogP contribution in [0.15, 0.2) is 24.3 Å². The van der Waals surface area contributed by atoms with Crippen LogP contribution in [0.2, 0.25) is 0 Å². The molecule has 1 aliphatic rings. The average molecular weight is 308 g/mol. The third kappa shape index (κ3) is 4.97. The molecule has 1 aromatic carbocycles. The van der Waals surface area contributed by atoms with Gasteiger partial charge in [0.15, 0.2) is 0 Å².